The second-order valence-electron chi connectivity index (χ2n) is 8.48. The van der Waals surface area contributed by atoms with Gasteiger partial charge in [0.2, 0.25) is 5.91 Å². The number of pyridine rings is 1. The minimum Gasteiger partial charge on any atom is -0.368 e. The topological polar surface area (TPSA) is 54.0 Å². The summed E-state index contributed by atoms with van der Waals surface area (Å²) in [6.45, 7) is 18.6. The molecule has 0 fully saturated rings. The zero-order valence-electron chi connectivity index (χ0n) is 19.3. The summed E-state index contributed by atoms with van der Waals surface area (Å²) in [5.74, 6) is 0.870. The minimum atomic E-state index is -0.0179. The van der Waals surface area contributed by atoms with Crippen molar-refractivity contribution in [1.29, 1.82) is 0 Å². The van der Waals surface area contributed by atoms with E-state index in [0.29, 0.717) is 6.04 Å². The van der Waals surface area contributed by atoms with E-state index in [9.17, 15) is 4.79 Å². The van der Waals surface area contributed by atoms with E-state index in [-0.39, 0.29) is 11.9 Å². The van der Waals surface area contributed by atoms with Crippen molar-refractivity contribution in [3.8, 4) is 11.1 Å². The predicted molar refractivity (Wildman–Crippen MR) is 124 cm³/mol. The number of aromatic nitrogens is 1. The van der Waals surface area contributed by atoms with Crippen molar-refractivity contribution in [1.82, 2.24) is 10.3 Å². The summed E-state index contributed by atoms with van der Waals surface area (Å²) in [4.78, 5) is 16.9. The molecule has 0 spiro atoms. The molecule has 4 heteroatoms. The van der Waals surface area contributed by atoms with E-state index in [1.54, 1.807) is 0 Å². The third kappa shape index (κ3) is 5.26. The highest BCUT2D eigenvalue weighted by molar-refractivity contribution is 5.98. The molecule has 0 saturated carbocycles. The molecule has 1 amide bonds. The second kappa shape index (κ2) is 9.25. The summed E-state index contributed by atoms with van der Waals surface area (Å²) in [5, 5.41) is 6.30. The number of nitrogens with one attached hydrogen (secondary N) is 2. The van der Waals surface area contributed by atoms with Crippen molar-refractivity contribution in [3.05, 3.63) is 51.7 Å². The lowest BCUT2D eigenvalue weighted by atomic mass is 9.85. The molecule has 156 valence electrons. The summed E-state index contributed by atoms with van der Waals surface area (Å²) in [6, 6.07) is 4.64. The van der Waals surface area contributed by atoms with Gasteiger partial charge in [-0.25, -0.2) is 4.98 Å². The van der Waals surface area contributed by atoms with E-state index >= 15 is 0 Å². The summed E-state index contributed by atoms with van der Waals surface area (Å²) >= 11 is 0. The Balaban J connectivity index is 2.50. The zero-order valence-corrected chi connectivity index (χ0v) is 19.3. The largest absolute Gasteiger partial charge is 0.368 e. The van der Waals surface area contributed by atoms with Crippen LogP contribution in [0.25, 0.3) is 17.2 Å². The van der Waals surface area contributed by atoms with Crippen LogP contribution in [0.2, 0.25) is 0 Å². The van der Waals surface area contributed by atoms with Gasteiger partial charge in [0.05, 0.1) is 0 Å². The summed E-state index contributed by atoms with van der Waals surface area (Å²) < 4.78 is 0. The van der Waals surface area contributed by atoms with Crippen LogP contribution in [-0.2, 0) is 4.79 Å². The molecule has 0 unspecified atom stereocenters. The molecule has 2 rings (SSSR count). The molecule has 0 aliphatic heterocycles. The highest BCUT2D eigenvalue weighted by atomic mass is 16.1. The summed E-state index contributed by atoms with van der Waals surface area (Å²) in [6.07, 6.45) is 3.95. The molecule has 29 heavy (non-hydrogen) atoms. The SMILES string of the molecule is C/C(=C\c1c(C)c(C)c(-c2ccc(NC(C)C)nc2)c(C)c1C)C(=O)NC(C)C. The average Bonchev–Trinajstić information content (AvgIpc) is 2.64. The number of anilines is 1. The summed E-state index contributed by atoms with van der Waals surface area (Å²) in [5.41, 5.74) is 9.04. The van der Waals surface area contributed by atoms with Gasteiger partial charge in [-0.3, -0.25) is 4.79 Å². The van der Waals surface area contributed by atoms with Gasteiger partial charge in [-0.1, -0.05) is 0 Å². The van der Waals surface area contributed by atoms with Gasteiger partial charge in [0.1, 0.15) is 5.82 Å². The maximum absolute atomic E-state index is 12.4. The Kier molecular flexibility index (Phi) is 7.23. The lowest BCUT2D eigenvalue weighted by Crippen LogP contribution is -2.30. The first-order chi connectivity index (χ1) is 13.5. The van der Waals surface area contributed by atoms with E-state index in [0.717, 1.165) is 22.5 Å². The van der Waals surface area contributed by atoms with Crippen molar-refractivity contribution in [2.24, 2.45) is 0 Å². The fourth-order valence-corrected chi connectivity index (χ4v) is 3.57. The Hall–Kier alpha value is -2.62. The number of hydrogen-bond acceptors (Lipinski definition) is 3. The van der Waals surface area contributed by atoms with E-state index < -0.39 is 0 Å². The predicted octanol–water partition coefficient (Wildman–Crippen LogP) is 5.73. The van der Waals surface area contributed by atoms with Gasteiger partial charge < -0.3 is 10.6 Å². The second-order valence-corrected chi connectivity index (χ2v) is 8.48. The standard InChI is InChI=1S/C25H35N3O/c1-14(2)27-23-11-10-21(13-26-23)24-19(8)17(6)22(18(7)20(24)9)12-16(5)25(29)28-15(3)4/h10-15H,1-9H3,(H,26,27)(H,28,29)/b16-12+. The van der Waals surface area contributed by atoms with E-state index in [4.69, 9.17) is 0 Å². The van der Waals surface area contributed by atoms with Crippen molar-refractivity contribution >= 4 is 17.8 Å². The van der Waals surface area contributed by atoms with Crippen LogP contribution in [0.15, 0.2) is 23.9 Å². The first-order valence-electron chi connectivity index (χ1n) is 10.3. The van der Waals surface area contributed by atoms with Gasteiger partial charge in [0.25, 0.3) is 0 Å². The van der Waals surface area contributed by atoms with Gasteiger partial charge in [-0.15, -0.1) is 0 Å². The van der Waals surface area contributed by atoms with Crippen LogP contribution in [0, 0.1) is 27.7 Å². The quantitative estimate of drug-likeness (QED) is 0.616. The lowest BCUT2D eigenvalue weighted by molar-refractivity contribution is -0.117. The van der Waals surface area contributed by atoms with Gasteiger partial charge >= 0.3 is 0 Å². The lowest BCUT2D eigenvalue weighted by Gasteiger charge is -2.20. The van der Waals surface area contributed by atoms with Gasteiger partial charge in [0, 0.05) is 29.4 Å². The van der Waals surface area contributed by atoms with Crippen LogP contribution in [0.1, 0.15) is 62.4 Å². The Morgan fingerprint density at radius 2 is 1.52 bits per heavy atom. The molecule has 0 atom stereocenters. The monoisotopic (exact) mass is 393 g/mol. The fraction of sp³-hybridized carbons (Fsp3) is 0.440. The first kappa shape index (κ1) is 22.7. The zero-order chi connectivity index (χ0) is 21.9. The molecule has 1 aromatic carbocycles. The fourth-order valence-electron chi connectivity index (χ4n) is 3.57. The van der Waals surface area contributed by atoms with Crippen molar-refractivity contribution in [2.75, 3.05) is 5.32 Å². The summed E-state index contributed by atoms with van der Waals surface area (Å²) in [7, 11) is 0. The molecule has 0 aliphatic carbocycles. The number of nitrogens with zero attached hydrogens (tertiary/aromatic N) is 1. The number of benzene rings is 1. The Morgan fingerprint density at radius 1 is 0.931 bits per heavy atom. The Bertz CT molecular complexity index is 893. The van der Waals surface area contributed by atoms with Crippen molar-refractivity contribution < 1.29 is 4.79 Å². The maximum Gasteiger partial charge on any atom is 0.247 e. The first-order valence-corrected chi connectivity index (χ1v) is 10.3. The number of hydrogen-bond donors (Lipinski definition) is 2. The number of carbonyl (C=O) groups is 1. The van der Waals surface area contributed by atoms with Gasteiger partial charge in [-0.05, 0) is 114 Å². The molecule has 2 aromatic rings. The highest BCUT2D eigenvalue weighted by Gasteiger charge is 2.16. The van der Waals surface area contributed by atoms with Crippen LogP contribution in [-0.4, -0.2) is 23.0 Å². The molecule has 0 aliphatic rings. The van der Waals surface area contributed by atoms with Crippen LogP contribution < -0.4 is 10.6 Å². The molecule has 0 bridgehead atoms. The minimum absolute atomic E-state index is 0.0179. The molecule has 0 radical (unpaired) electrons. The van der Waals surface area contributed by atoms with E-state index in [1.807, 2.05) is 39.1 Å². The van der Waals surface area contributed by atoms with Crippen molar-refractivity contribution in [3.63, 3.8) is 0 Å². The van der Waals surface area contributed by atoms with Gasteiger partial charge in [-0.2, -0.15) is 0 Å². The molecule has 2 N–H and O–H groups in total. The Morgan fingerprint density at radius 3 is 1.97 bits per heavy atom. The Labute approximate surface area is 175 Å². The van der Waals surface area contributed by atoms with Crippen LogP contribution in [0.5, 0.6) is 0 Å². The van der Waals surface area contributed by atoms with Crippen LogP contribution in [0.4, 0.5) is 5.82 Å². The van der Waals surface area contributed by atoms with E-state index in [2.05, 4.69) is 63.2 Å². The number of amides is 1. The molecular formula is C25H35N3O. The third-order valence-electron chi connectivity index (χ3n) is 5.31. The molecule has 4 nitrogen and oxygen atoms in total. The molecular weight excluding hydrogens is 358 g/mol. The average molecular weight is 394 g/mol. The van der Waals surface area contributed by atoms with Crippen LogP contribution >= 0.6 is 0 Å². The molecule has 0 saturated heterocycles. The van der Waals surface area contributed by atoms with E-state index in [1.165, 1.54) is 27.8 Å². The number of carbonyl (C=O) groups excluding carboxylic acids is 1. The highest BCUT2D eigenvalue weighted by Crippen LogP contribution is 2.35. The number of rotatable bonds is 6. The third-order valence-corrected chi connectivity index (χ3v) is 5.31. The van der Waals surface area contributed by atoms with Gasteiger partial charge in [0.15, 0.2) is 0 Å². The molecule has 1 aromatic heterocycles. The van der Waals surface area contributed by atoms with Crippen molar-refractivity contribution in [2.45, 2.75) is 74.4 Å². The molecule has 1 heterocycles. The smallest absolute Gasteiger partial charge is 0.247 e. The van der Waals surface area contributed by atoms with Crippen LogP contribution in [0.3, 0.4) is 0 Å². The normalized spacial score (nSPS) is 11.9. The maximum atomic E-state index is 12.4.